The van der Waals surface area contributed by atoms with Crippen molar-refractivity contribution in [2.45, 2.75) is 32.7 Å². The highest BCUT2D eigenvalue weighted by Crippen LogP contribution is 2.31. The fourth-order valence-electron chi connectivity index (χ4n) is 1.81. The Morgan fingerprint density at radius 1 is 1.19 bits per heavy atom. The van der Waals surface area contributed by atoms with E-state index in [4.69, 9.17) is 0 Å². The van der Waals surface area contributed by atoms with E-state index < -0.39 is 14.2 Å². The molecule has 0 spiro atoms. The van der Waals surface area contributed by atoms with E-state index in [1.165, 1.54) is 5.20 Å². The molecule has 2 atom stereocenters. The average molecular weight is 234 g/mol. The summed E-state index contributed by atoms with van der Waals surface area (Å²) in [4.78, 5) is 0. The predicted octanol–water partition coefficient (Wildman–Crippen LogP) is 3.79. The lowest BCUT2D eigenvalue weighted by molar-refractivity contribution is 0.137. The topological polar surface area (TPSA) is 20.2 Å². The molecule has 1 N–H and O–H groups in total. The molecule has 1 rings (SSSR count). The molecule has 0 unspecified atom stereocenters. The lowest BCUT2D eigenvalue weighted by Gasteiger charge is -2.29. The van der Waals surface area contributed by atoms with Crippen LogP contribution in [0.15, 0.2) is 42.1 Å². The number of hydrogen-bond donors (Lipinski definition) is 1. The van der Waals surface area contributed by atoms with Gasteiger partial charge in [0.25, 0.3) is 0 Å². The Kier molecular flexibility index (Phi) is 4.11. The van der Waals surface area contributed by atoms with Gasteiger partial charge in [-0.25, -0.2) is 0 Å². The third-order valence-electron chi connectivity index (χ3n) is 3.13. The van der Waals surface area contributed by atoms with Crippen molar-refractivity contribution in [3.8, 4) is 0 Å². The van der Waals surface area contributed by atoms with E-state index in [0.717, 1.165) is 5.56 Å². The van der Waals surface area contributed by atoms with E-state index in [9.17, 15) is 5.11 Å². The van der Waals surface area contributed by atoms with Gasteiger partial charge in [-0.1, -0.05) is 62.1 Å². The largest absolute Gasteiger partial charge is 0.388 e. The first-order chi connectivity index (χ1) is 7.34. The van der Waals surface area contributed by atoms with Crippen LogP contribution in [-0.2, 0) is 0 Å². The van der Waals surface area contributed by atoms with Crippen LogP contribution in [0.1, 0.15) is 18.6 Å². The maximum absolute atomic E-state index is 10.3. The van der Waals surface area contributed by atoms with Crippen LogP contribution < -0.4 is 0 Å². The van der Waals surface area contributed by atoms with E-state index in [1.807, 2.05) is 30.3 Å². The molecule has 0 fully saturated rings. The molecule has 88 valence electrons. The van der Waals surface area contributed by atoms with Crippen LogP contribution in [0, 0.1) is 5.92 Å². The molecule has 0 radical (unpaired) electrons. The van der Waals surface area contributed by atoms with Gasteiger partial charge >= 0.3 is 0 Å². The molecule has 0 aliphatic heterocycles. The van der Waals surface area contributed by atoms with Crippen LogP contribution in [0.3, 0.4) is 0 Å². The maximum atomic E-state index is 10.3. The first kappa shape index (κ1) is 13.2. The van der Waals surface area contributed by atoms with E-state index in [2.05, 4.69) is 33.1 Å². The summed E-state index contributed by atoms with van der Waals surface area (Å²) in [6.45, 7) is 13.0. The molecule has 1 aromatic rings. The second-order valence-corrected chi connectivity index (χ2v) is 10.6. The van der Waals surface area contributed by atoms with Crippen LogP contribution >= 0.6 is 0 Å². The Balaban J connectivity index is 2.83. The number of aliphatic hydroxyl groups excluding tert-OH is 1. The molecule has 1 aromatic carbocycles. The number of aliphatic hydroxyl groups is 1. The number of rotatable bonds is 4. The molecular formula is C14H22OSi. The van der Waals surface area contributed by atoms with Crippen molar-refractivity contribution < 1.29 is 5.11 Å². The smallest absolute Gasteiger partial charge is 0.0848 e. The fourth-order valence-corrected chi connectivity index (χ4v) is 3.34. The molecule has 0 bridgehead atoms. The summed E-state index contributed by atoms with van der Waals surface area (Å²) in [6.07, 6.45) is -0.430. The van der Waals surface area contributed by atoms with Crippen molar-refractivity contribution in [1.82, 2.24) is 0 Å². The Labute approximate surface area is 99.8 Å². The summed E-state index contributed by atoms with van der Waals surface area (Å²) in [5.74, 6) is 0.133. The van der Waals surface area contributed by atoms with Gasteiger partial charge in [-0.15, -0.1) is 6.58 Å². The molecule has 1 nitrogen and oxygen atoms in total. The summed E-state index contributed by atoms with van der Waals surface area (Å²) in [5, 5.41) is 11.5. The third-order valence-corrected chi connectivity index (χ3v) is 5.51. The van der Waals surface area contributed by atoms with Crippen LogP contribution in [0.25, 0.3) is 0 Å². The molecule has 16 heavy (non-hydrogen) atoms. The normalized spacial score (nSPS) is 15.6. The second kappa shape index (κ2) is 4.98. The van der Waals surface area contributed by atoms with Gasteiger partial charge in [0, 0.05) is 5.92 Å². The molecule has 0 saturated heterocycles. The summed E-state index contributed by atoms with van der Waals surface area (Å²) in [5.41, 5.74) is 0.981. The predicted molar refractivity (Wildman–Crippen MR) is 73.1 cm³/mol. The zero-order valence-corrected chi connectivity index (χ0v) is 11.7. The first-order valence-electron chi connectivity index (χ1n) is 5.76. The molecule has 0 aromatic heterocycles. The van der Waals surface area contributed by atoms with Crippen LogP contribution in [-0.4, -0.2) is 13.2 Å². The highest BCUT2D eigenvalue weighted by Gasteiger charge is 2.27. The lowest BCUT2D eigenvalue weighted by atomic mass is 9.97. The molecule has 0 aliphatic carbocycles. The minimum absolute atomic E-state index is 0.133. The molecule has 0 amide bonds. The first-order valence-corrected chi connectivity index (χ1v) is 9.26. The standard InChI is InChI=1S/C14H22OSi/c1-11(12(2)16(3,4)5)14(15)13-9-7-6-8-10-13/h6-11,14-15H,2H2,1,3-5H3/t11-,14-/m0/s1. The van der Waals surface area contributed by atoms with Crippen LogP contribution in [0.4, 0.5) is 0 Å². The van der Waals surface area contributed by atoms with Crippen molar-refractivity contribution >= 4 is 8.07 Å². The Bertz CT molecular complexity index is 351. The SMILES string of the molecule is C=C([C@H](C)[C@H](O)c1ccccc1)[Si](C)(C)C. The van der Waals surface area contributed by atoms with E-state index in [1.54, 1.807) is 0 Å². The summed E-state index contributed by atoms with van der Waals surface area (Å²) < 4.78 is 0. The number of benzene rings is 1. The minimum atomic E-state index is -1.37. The zero-order chi connectivity index (χ0) is 12.3. The molecule has 2 heteroatoms. The second-order valence-electron chi connectivity index (χ2n) is 5.42. The molecule has 0 saturated carbocycles. The monoisotopic (exact) mass is 234 g/mol. The van der Waals surface area contributed by atoms with Crippen molar-refractivity contribution in [3.63, 3.8) is 0 Å². The highest BCUT2D eigenvalue weighted by atomic mass is 28.3. The van der Waals surface area contributed by atoms with E-state index in [0.29, 0.717) is 0 Å². The van der Waals surface area contributed by atoms with Crippen molar-refractivity contribution in [2.75, 3.05) is 0 Å². The fraction of sp³-hybridized carbons (Fsp3) is 0.429. The van der Waals surface area contributed by atoms with E-state index in [-0.39, 0.29) is 5.92 Å². The van der Waals surface area contributed by atoms with Gasteiger partial charge in [0.1, 0.15) is 0 Å². The van der Waals surface area contributed by atoms with Gasteiger partial charge in [0.15, 0.2) is 0 Å². The highest BCUT2D eigenvalue weighted by molar-refractivity contribution is 6.83. The maximum Gasteiger partial charge on any atom is 0.0848 e. The Morgan fingerprint density at radius 2 is 1.69 bits per heavy atom. The van der Waals surface area contributed by atoms with Crippen molar-refractivity contribution in [2.24, 2.45) is 5.92 Å². The molecule has 0 heterocycles. The van der Waals surface area contributed by atoms with Gasteiger partial charge in [0.05, 0.1) is 14.2 Å². The van der Waals surface area contributed by atoms with Crippen LogP contribution in [0.5, 0.6) is 0 Å². The lowest BCUT2D eigenvalue weighted by Crippen LogP contribution is -2.30. The van der Waals surface area contributed by atoms with Crippen molar-refractivity contribution in [3.05, 3.63) is 47.7 Å². The van der Waals surface area contributed by atoms with Crippen molar-refractivity contribution in [1.29, 1.82) is 0 Å². The zero-order valence-electron chi connectivity index (χ0n) is 10.7. The van der Waals surface area contributed by atoms with Gasteiger partial charge in [-0.2, -0.15) is 0 Å². The van der Waals surface area contributed by atoms with Gasteiger partial charge < -0.3 is 5.11 Å². The average Bonchev–Trinajstić information content (AvgIpc) is 2.26. The summed E-state index contributed by atoms with van der Waals surface area (Å²) >= 11 is 0. The Morgan fingerprint density at radius 3 is 2.12 bits per heavy atom. The third kappa shape index (κ3) is 3.06. The quantitative estimate of drug-likeness (QED) is 0.786. The van der Waals surface area contributed by atoms with Gasteiger partial charge in [-0.3, -0.25) is 0 Å². The molecular weight excluding hydrogens is 212 g/mol. The summed E-state index contributed by atoms with van der Waals surface area (Å²) in [6, 6.07) is 9.83. The van der Waals surface area contributed by atoms with Gasteiger partial charge in [0.2, 0.25) is 0 Å². The summed E-state index contributed by atoms with van der Waals surface area (Å²) in [7, 11) is -1.37. The van der Waals surface area contributed by atoms with E-state index >= 15 is 0 Å². The minimum Gasteiger partial charge on any atom is -0.388 e. The van der Waals surface area contributed by atoms with Gasteiger partial charge in [-0.05, 0) is 5.56 Å². The molecule has 0 aliphatic rings. The Hall–Kier alpha value is -0.863. The number of hydrogen-bond acceptors (Lipinski definition) is 1. The van der Waals surface area contributed by atoms with Crippen LogP contribution in [0.2, 0.25) is 19.6 Å².